The van der Waals surface area contributed by atoms with Crippen LogP contribution >= 0.6 is 0 Å². The number of aliphatic hydroxyl groups is 2. The lowest BCUT2D eigenvalue weighted by Gasteiger charge is -2.62. The van der Waals surface area contributed by atoms with Crippen molar-refractivity contribution in [2.24, 2.45) is 40.2 Å². The van der Waals surface area contributed by atoms with Crippen LogP contribution in [0.1, 0.15) is 58.8 Å². The molecule has 4 heteroatoms. The zero-order valence-corrected chi connectivity index (χ0v) is 14.4. The van der Waals surface area contributed by atoms with Gasteiger partial charge >= 0.3 is 0 Å². The standard InChI is InChI=1S/C19H32FNO2/c1-18-5-3-11(22)7-10(18)8-15(23)16-12(18)4-6-19(2)13(16)9-14(20)17(19)21/h10-17,22-23H,3-9,21H2,1-2H3/t10-,11+,12+,13+,14-,15+,16-,17+,18+,19+/m1/s1. The second-order valence-electron chi connectivity index (χ2n) is 9.55. The number of nitrogens with two attached hydrogens (primary N) is 1. The number of fused-ring (bicyclic) bond motifs is 5. The molecule has 0 unspecified atom stereocenters. The van der Waals surface area contributed by atoms with Crippen LogP contribution in [0, 0.1) is 34.5 Å². The summed E-state index contributed by atoms with van der Waals surface area (Å²) in [7, 11) is 0. The van der Waals surface area contributed by atoms with Gasteiger partial charge in [-0.25, -0.2) is 4.39 Å². The molecule has 0 aliphatic heterocycles. The first-order valence-corrected chi connectivity index (χ1v) is 9.53. The summed E-state index contributed by atoms with van der Waals surface area (Å²) in [5.41, 5.74) is 6.27. The molecule has 4 N–H and O–H groups in total. The molecule has 3 nitrogen and oxygen atoms in total. The lowest BCUT2D eigenvalue weighted by atomic mass is 9.44. The van der Waals surface area contributed by atoms with Crippen LogP contribution in [0.5, 0.6) is 0 Å². The van der Waals surface area contributed by atoms with E-state index in [-0.39, 0.29) is 40.9 Å². The molecule has 4 fully saturated rings. The molecule has 0 heterocycles. The van der Waals surface area contributed by atoms with Gasteiger partial charge in [-0.05, 0) is 79.4 Å². The molecule has 4 aliphatic carbocycles. The summed E-state index contributed by atoms with van der Waals surface area (Å²) in [6.45, 7) is 4.53. The van der Waals surface area contributed by atoms with E-state index in [9.17, 15) is 14.6 Å². The molecule has 23 heavy (non-hydrogen) atoms. The Bertz CT molecular complexity index is 488. The second kappa shape index (κ2) is 5.15. The van der Waals surface area contributed by atoms with Crippen LogP contribution in [-0.4, -0.2) is 34.6 Å². The Labute approximate surface area is 138 Å². The van der Waals surface area contributed by atoms with Gasteiger partial charge in [-0.3, -0.25) is 0 Å². The minimum absolute atomic E-state index is 0.154. The highest BCUT2D eigenvalue weighted by atomic mass is 19.1. The molecule has 0 aromatic heterocycles. The third-order valence-corrected chi connectivity index (χ3v) is 8.72. The van der Waals surface area contributed by atoms with Crippen molar-refractivity contribution in [2.45, 2.75) is 83.2 Å². The highest BCUT2D eigenvalue weighted by Gasteiger charge is 2.63. The average Bonchev–Trinajstić information content (AvgIpc) is 2.73. The minimum Gasteiger partial charge on any atom is -0.393 e. The number of hydrogen-bond donors (Lipinski definition) is 3. The summed E-state index contributed by atoms with van der Waals surface area (Å²) in [6.07, 6.45) is 4.59. The van der Waals surface area contributed by atoms with Gasteiger partial charge in [0.15, 0.2) is 0 Å². The van der Waals surface area contributed by atoms with Crippen molar-refractivity contribution in [1.82, 2.24) is 0 Å². The van der Waals surface area contributed by atoms with E-state index in [4.69, 9.17) is 5.73 Å². The third-order valence-electron chi connectivity index (χ3n) is 8.72. The molecular weight excluding hydrogens is 293 g/mol. The molecular formula is C19H32FNO2. The number of aliphatic hydroxyl groups excluding tert-OH is 2. The van der Waals surface area contributed by atoms with Gasteiger partial charge in [0.05, 0.1) is 12.2 Å². The minimum atomic E-state index is -0.922. The number of alkyl halides is 1. The Morgan fingerprint density at radius 3 is 2.39 bits per heavy atom. The van der Waals surface area contributed by atoms with E-state index in [1.807, 2.05) is 0 Å². The van der Waals surface area contributed by atoms with E-state index < -0.39 is 6.17 Å². The lowest BCUT2D eigenvalue weighted by Crippen LogP contribution is -2.59. The van der Waals surface area contributed by atoms with E-state index in [1.165, 1.54) is 0 Å². The lowest BCUT2D eigenvalue weighted by molar-refractivity contribution is -0.169. The molecule has 0 aromatic carbocycles. The first-order chi connectivity index (χ1) is 10.8. The first-order valence-electron chi connectivity index (χ1n) is 9.53. The predicted molar refractivity (Wildman–Crippen MR) is 87.4 cm³/mol. The van der Waals surface area contributed by atoms with Gasteiger partial charge in [-0.2, -0.15) is 0 Å². The van der Waals surface area contributed by atoms with E-state index in [0.29, 0.717) is 18.3 Å². The number of hydrogen-bond acceptors (Lipinski definition) is 3. The second-order valence-corrected chi connectivity index (χ2v) is 9.55. The maximum Gasteiger partial charge on any atom is 0.116 e. The van der Waals surface area contributed by atoms with Crippen molar-refractivity contribution in [3.8, 4) is 0 Å². The number of halogens is 1. The average molecular weight is 325 g/mol. The molecule has 4 aliphatic rings. The van der Waals surface area contributed by atoms with Crippen LogP contribution in [0.4, 0.5) is 4.39 Å². The topological polar surface area (TPSA) is 66.5 Å². The smallest absolute Gasteiger partial charge is 0.116 e. The van der Waals surface area contributed by atoms with E-state index >= 15 is 0 Å². The van der Waals surface area contributed by atoms with Gasteiger partial charge in [0.2, 0.25) is 0 Å². The Morgan fingerprint density at radius 2 is 1.65 bits per heavy atom. The summed E-state index contributed by atoms with van der Waals surface area (Å²) < 4.78 is 14.4. The van der Waals surface area contributed by atoms with Gasteiger partial charge in [-0.15, -0.1) is 0 Å². The van der Waals surface area contributed by atoms with Gasteiger partial charge in [-0.1, -0.05) is 13.8 Å². The summed E-state index contributed by atoms with van der Waals surface area (Å²) in [4.78, 5) is 0. The molecule has 132 valence electrons. The van der Waals surface area contributed by atoms with Crippen LogP contribution in [0.25, 0.3) is 0 Å². The van der Waals surface area contributed by atoms with E-state index in [1.54, 1.807) is 0 Å². The summed E-state index contributed by atoms with van der Waals surface area (Å²) in [6, 6.07) is -0.376. The fourth-order valence-electron chi connectivity index (χ4n) is 7.21. The highest BCUT2D eigenvalue weighted by molar-refractivity contribution is 5.14. The molecule has 10 atom stereocenters. The third kappa shape index (κ3) is 2.10. The largest absolute Gasteiger partial charge is 0.393 e. The summed E-state index contributed by atoms with van der Waals surface area (Å²) in [5.74, 6) is 1.27. The van der Waals surface area contributed by atoms with Crippen LogP contribution < -0.4 is 5.73 Å². The van der Waals surface area contributed by atoms with Crippen LogP contribution in [0.3, 0.4) is 0 Å². The Morgan fingerprint density at radius 1 is 0.957 bits per heavy atom. The first kappa shape index (κ1) is 16.3. The molecule has 0 radical (unpaired) electrons. The Hall–Kier alpha value is -0.190. The molecule has 4 rings (SSSR count). The van der Waals surface area contributed by atoms with Gasteiger partial charge in [0.1, 0.15) is 6.17 Å². The van der Waals surface area contributed by atoms with Gasteiger partial charge in [0, 0.05) is 6.04 Å². The van der Waals surface area contributed by atoms with Crippen molar-refractivity contribution in [3.05, 3.63) is 0 Å². The van der Waals surface area contributed by atoms with E-state index in [0.717, 1.165) is 38.5 Å². The molecule has 0 aromatic rings. The van der Waals surface area contributed by atoms with E-state index in [2.05, 4.69) is 13.8 Å². The van der Waals surface area contributed by atoms with Crippen molar-refractivity contribution in [2.75, 3.05) is 0 Å². The zero-order chi connectivity index (χ0) is 16.6. The SMILES string of the molecule is C[C@]12CC[C@H](O)C[C@@H]1C[C@H](O)[C@@H]1[C@@H]2CC[C@]2(C)[C@@H](N)[C@H](F)C[C@@H]12. The van der Waals surface area contributed by atoms with Gasteiger partial charge < -0.3 is 15.9 Å². The maximum absolute atomic E-state index is 14.4. The fraction of sp³-hybridized carbons (Fsp3) is 1.00. The van der Waals surface area contributed by atoms with Crippen molar-refractivity contribution < 1.29 is 14.6 Å². The predicted octanol–water partition coefficient (Wildman–Crippen LogP) is 2.64. The van der Waals surface area contributed by atoms with Crippen LogP contribution in [0.15, 0.2) is 0 Å². The highest BCUT2D eigenvalue weighted by Crippen LogP contribution is 2.66. The summed E-state index contributed by atoms with van der Waals surface area (Å²) >= 11 is 0. The molecule has 0 spiro atoms. The quantitative estimate of drug-likeness (QED) is 0.641. The maximum atomic E-state index is 14.4. The fourth-order valence-corrected chi connectivity index (χ4v) is 7.21. The van der Waals surface area contributed by atoms with Crippen LogP contribution in [-0.2, 0) is 0 Å². The zero-order valence-electron chi connectivity index (χ0n) is 14.4. The summed E-state index contributed by atoms with van der Waals surface area (Å²) in [5, 5.41) is 21.0. The van der Waals surface area contributed by atoms with Crippen molar-refractivity contribution >= 4 is 0 Å². The molecule has 0 bridgehead atoms. The number of rotatable bonds is 0. The molecule has 4 saturated carbocycles. The normalized spacial score (nSPS) is 62.3. The Kier molecular flexibility index (Phi) is 3.65. The Balaban J connectivity index is 1.68. The monoisotopic (exact) mass is 325 g/mol. The molecule has 0 saturated heterocycles. The van der Waals surface area contributed by atoms with Crippen molar-refractivity contribution in [3.63, 3.8) is 0 Å². The van der Waals surface area contributed by atoms with Crippen molar-refractivity contribution in [1.29, 1.82) is 0 Å². The van der Waals surface area contributed by atoms with Crippen LogP contribution in [0.2, 0.25) is 0 Å². The van der Waals surface area contributed by atoms with Gasteiger partial charge in [0.25, 0.3) is 0 Å². The molecule has 0 amide bonds.